The second-order valence-corrected chi connectivity index (χ2v) is 2.33. The van der Waals surface area contributed by atoms with Gasteiger partial charge in [0.05, 0.1) is 4.91 Å². The number of allylic oxidation sites excluding steroid dienone is 3. The van der Waals surface area contributed by atoms with Crippen molar-refractivity contribution in [2.75, 3.05) is 0 Å². The van der Waals surface area contributed by atoms with Crippen LogP contribution in [0.5, 0.6) is 0 Å². The van der Waals surface area contributed by atoms with E-state index in [1.165, 1.54) is 12.2 Å². The van der Waals surface area contributed by atoms with Gasteiger partial charge in [-0.2, -0.15) is 0 Å². The zero-order valence-corrected chi connectivity index (χ0v) is 5.73. The van der Waals surface area contributed by atoms with E-state index in [0.29, 0.717) is 0 Å². The molecule has 3 heteroatoms. The Morgan fingerprint density at radius 1 is 1.67 bits per heavy atom. The molecule has 0 fully saturated rings. The molecule has 1 N–H and O–H groups in total. The molecule has 1 unspecified atom stereocenters. The molecule has 0 aromatic carbocycles. The van der Waals surface area contributed by atoms with Crippen LogP contribution in [0.4, 0.5) is 0 Å². The molecule has 0 aromatic rings. The standard InChI is InChI=1S/C6H8O2S/c1-3-4-5-6(2)9(7)8/h3-5H,1-2H2,(H,7,8)/b5-4-. The number of hydrogen-bond donors (Lipinski definition) is 1. The highest BCUT2D eigenvalue weighted by atomic mass is 32.2. The van der Waals surface area contributed by atoms with Crippen molar-refractivity contribution in [1.29, 1.82) is 0 Å². The van der Waals surface area contributed by atoms with Crippen LogP contribution in [0.25, 0.3) is 0 Å². The van der Waals surface area contributed by atoms with Crippen LogP contribution in [0.2, 0.25) is 0 Å². The SMILES string of the molecule is C=C/C=C\C(=C)S(=O)O. The van der Waals surface area contributed by atoms with Crippen LogP contribution in [-0.4, -0.2) is 8.76 Å². The fourth-order valence-electron chi connectivity index (χ4n) is 0.234. The molecule has 0 aliphatic rings. The topological polar surface area (TPSA) is 37.3 Å². The summed E-state index contributed by atoms with van der Waals surface area (Å²) in [6, 6.07) is 0. The second kappa shape index (κ2) is 4.23. The Morgan fingerprint density at radius 3 is 2.56 bits per heavy atom. The van der Waals surface area contributed by atoms with Crippen LogP contribution in [0.15, 0.2) is 36.3 Å². The Kier molecular flexibility index (Phi) is 3.92. The van der Waals surface area contributed by atoms with Crippen LogP contribution >= 0.6 is 0 Å². The van der Waals surface area contributed by atoms with E-state index >= 15 is 0 Å². The molecule has 0 bridgehead atoms. The summed E-state index contributed by atoms with van der Waals surface area (Å²) in [5.41, 5.74) is 0. The summed E-state index contributed by atoms with van der Waals surface area (Å²) in [5.74, 6) is 0. The van der Waals surface area contributed by atoms with Gasteiger partial charge in [0.25, 0.3) is 0 Å². The van der Waals surface area contributed by atoms with Crippen LogP contribution < -0.4 is 0 Å². The molecule has 0 heterocycles. The van der Waals surface area contributed by atoms with Gasteiger partial charge in [-0.05, 0) is 6.08 Å². The minimum absolute atomic E-state index is 0.176. The van der Waals surface area contributed by atoms with E-state index in [1.54, 1.807) is 6.08 Å². The van der Waals surface area contributed by atoms with Crippen LogP contribution in [0.3, 0.4) is 0 Å². The van der Waals surface area contributed by atoms with Crippen LogP contribution in [0, 0.1) is 0 Å². The molecule has 0 rings (SSSR count). The van der Waals surface area contributed by atoms with E-state index < -0.39 is 11.1 Å². The second-order valence-electron chi connectivity index (χ2n) is 1.31. The average Bonchev–Trinajstić information content (AvgIpc) is 1.82. The van der Waals surface area contributed by atoms with Crippen molar-refractivity contribution in [3.63, 3.8) is 0 Å². The summed E-state index contributed by atoms with van der Waals surface area (Å²) in [6.07, 6.45) is 4.50. The Hall–Kier alpha value is -0.670. The van der Waals surface area contributed by atoms with Gasteiger partial charge < -0.3 is 4.55 Å². The van der Waals surface area contributed by atoms with E-state index in [4.69, 9.17) is 4.55 Å². The molecule has 9 heavy (non-hydrogen) atoms. The van der Waals surface area contributed by atoms with Crippen LogP contribution in [-0.2, 0) is 11.1 Å². The summed E-state index contributed by atoms with van der Waals surface area (Å²) >= 11 is -1.94. The van der Waals surface area contributed by atoms with Gasteiger partial charge in [0.15, 0.2) is 11.1 Å². The third-order valence-electron chi connectivity index (χ3n) is 0.642. The van der Waals surface area contributed by atoms with Gasteiger partial charge in [-0.25, -0.2) is 4.21 Å². The lowest BCUT2D eigenvalue weighted by molar-refractivity contribution is 0.572. The normalized spacial score (nSPS) is 13.4. The van der Waals surface area contributed by atoms with Crippen molar-refractivity contribution < 1.29 is 8.76 Å². The summed E-state index contributed by atoms with van der Waals surface area (Å²) < 4.78 is 18.5. The molecule has 0 amide bonds. The fourth-order valence-corrected chi connectivity index (χ4v) is 0.429. The van der Waals surface area contributed by atoms with Crippen molar-refractivity contribution >= 4 is 11.1 Å². The maximum atomic E-state index is 10.1. The van der Waals surface area contributed by atoms with Crippen molar-refractivity contribution in [3.8, 4) is 0 Å². The molecule has 0 radical (unpaired) electrons. The zero-order valence-electron chi connectivity index (χ0n) is 4.91. The largest absolute Gasteiger partial charge is 0.302 e. The number of hydrogen-bond acceptors (Lipinski definition) is 1. The van der Waals surface area contributed by atoms with E-state index in [0.717, 1.165) is 0 Å². The van der Waals surface area contributed by atoms with Crippen molar-refractivity contribution in [3.05, 3.63) is 36.3 Å². The molecule has 0 aliphatic carbocycles. The summed E-state index contributed by atoms with van der Waals surface area (Å²) in [7, 11) is 0. The molecule has 1 atom stereocenters. The first-order chi connectivity index (χ1) is 4.18. The Bertz CT molecular complexity index is 170. The summed E-state index contributed by atoms with van der Waals surface area (Å²) in [5, 5.41) is 0. The van der Waals surface area contributed by atoms with Gasteiger partial charge in [0, 0.05) is 0 Å². The Morgan fingerprint density at radius 2 is 2.22 bits per heavy atom. The molecule has 0 saturated carbocycles. The number of rotatable bonds is 3. The summed E-state index contributed by atoms with van der Waals surface area (Å²) in [6.45, 7) is 6.69. The van der Waals surface area contributed by atoms with Crippen molar-refractivity contribution in [1.82, 2.24) is 0 Å². The monoisotopic (exact) mass is 144 g/mol. The van der Waals surface area contributed by atoms with Gasteiger partial charge >= 0.3 is 0 Å². The van der Waals surface area contributed by atoms with E-state index in [-0.39, 0.29) is 4.91 Å². The average molecular weight is 144 g/mol. The maximum absolute atomic E-state index is 10.1. The van der Waals surface area contributed by atoms with E-state index in [9.17, 15) is 4.21 Å². The van der Waals surface area contributed by atoms with Gasteiger partial charge in [0.2, 0.25) is 0 Å². The molecule has 0 saturated heterocycles. The minimum Gasteiger partial charge on any atom is -0.302 e. The highest BCUT2D eigenvalue weighted by Crippen LogP contribution is 1.95. The minimum atomic E-state index is -1.94. The molecular formula is C6H8O2S. The molecule has 0 aliphatic heterocycles. The van der Waals surface area contributed by atoms with Crippen molar-refractivity contribution in [2.45, 2.75) is 0 Å². The van der Waals surface area contributed by atoms with Gasteiger partial charge in [-0.15, -0.1) is 0 Å². The molecule has 0 aromatic heterocycles. The zero-order chi connectivity index (χ0) is 7.28. The highest BCUT2D eigenvalue weighted by Gasteiger charge is 1.91. The third-order valence-corrected chi connectivity index (χ3v) is 1.23. The molecule has 0 spiro atoms. The highest BCUT2D eigenvalue weighted by molar-refractivity contribution is 7.83. The molecular weight excluding hydrogens is 136 g/mol. The quantitative estimate of drug-likeness (QED) is 0.481. The summed E-state index contributed by atoms with van der Waals surface area (Å²) in [4.78, 5) is 0.176. The molecule has 50 valence electrons. The van der Waals surface area contributed by atoms with Gasteiger partial charge in [0.1, 0.15) is 0 Å². The van der Waals surface area contributed by atoms with E-state index in [2.05, 4.69) is 13.2 Å². The van der Waals surface area contributed by atoms with Gasteiger partial charge in [-0.1, -0.05) is 25.3 Å². The van der Waals surface area contributed by atoms with E-state index in [1.807, 2.05) is 0 Å². The third kappa shape index (κ3) is 3.88. The van der Waals surface area contributed by atoms with Crippen molar-refractivity contribution in [2.24, 2.45) is 0 Å². The Labute approximate surface area is 56.9 Å². The first-order valence-electron chi connectivity index (χ1n) is 2.27. The smallest absolute Gasteiger partial charge is 0.185 e. The maximum Gasteiger partial charge on any atom is 0.185 e. The Balaban J connectivity index is 3.92. The fraction of sp³-hybridized carbons (Fsp3) is 0. The van der Waals surface area contributed by atoms with Crippen LogP contribution in [0.1, 0.15) is 0 Å². The lowest BCUT2D eigenvalue weighted by Crippen LogP contribution is -1.85. The lowest BCUT2D eigenvalue weighted by atomic mass is 10.5. The predicted octanol–water partition coefficient (Wildman–Crippen LogP) is 1.46. The molecule has 2 nitrogen and oxygen atoms in total. The first kappa shape index (κ1) is 8.33. The predicted molar refractivity (Wildman–Crippen MR) is 39.2 cm³/mol. The van der Waals surface area contributed by atoms with Gasteiger partial charge in [-0.3, -0.25) is 0 Å². The first-order valence-corrected chi connectivity index (χ1v) is 3.38. The lowest BCUT2D eigenvalue weighted by Gasteiger charge is -1.86.